The second-order valence-electron chi connectivity index (χ2n) is 4.00. The van der Waals surface area contributed by atoms with Gasteiger partial charge in [-0.15, -0.1) is 0 Å². The number of carbonyl (C=O) groups excluding carboxylic acids is 1. The van der Waals surface area contributed by atoms with Gasteiger partial charge in [0.25, 0.3) is 5.91 Å². The highest BCUT2D eigenvalue weighted by molar-refractivity contribution is 5.82. The summed E-state index contributed by atoms with van der Waals surface area (Å²) >= 11 is 0. The summed E-state index contributed by atoms with van der Waals surface area (Å²) in [4.78, 5) is 16.4. The van der Waals surface area contributed by atoms with Crippen LogP contribution in [0.25, 0.3) is 0 Å². The van der Waals surface area contributed by atoms with Crippen LogP contribution in [0.3, 0.4) is 0 Å². The summed E-state index contributed by atoms with van der Waals surface area (Å²) in [5, 5.41) is 1.08. The number of hydroxylamine groups is 2. The second kappa shape index (κ2) is 3.87. The summed E-state index contributed by atoms with van der Waals surface area (Å²) in [5.41, 5.74) is -0.941. The van der Waals surface area contributed by atoms with Crippen LogP contribution < -0.4 is 0 Å². The average Bonchev–Trinajstić information content (AvgIpc) is 3.02. The molecule has 16 heavy (non-hydrogen) atoms. The van der Waals surface area contributed by atoms with E-state index in [1.165, 1.54) is 14.2 Å². The fraction of sp³-hybridized carbons (Fsp3) is 0.417. The Morgan fingerprint density at radius 1 is 1.50 bits per heavy atom. The van der Waals surface area contributed by atoms with Gasteiger partial charge in [0.05, 0.1) is 13.0 Å². The molecule has 1 aliphatic carbocycles. The Labute approximate surface area is 93.8 Å². The molecule has 0 N–H and O–H groups in total. The molecule has 2 atom stereocenters. The van der Waals surface area contributed by atoms with E-state index in [2.05, 4.69) is 0 Å². The predicted octanol–water partition coefficient (Wildman–Crippen LogP) is 1.89. The summed E-state index contributed by atoms with van der Waals surface area (Å²) in [6.07, 6.45) is 0.240. The molecule has 0 bridgehead atoms. The quantitative estimate of drug-likeness (QED) is 0.732. The normalized spacial score (nSPS) is 27.6. The average molecular weight is 223 g/mol. The summed E-state index contributed by atoms with van der Waals surface area (Å²) in [5.74, 6) is -0.922. The monoisotopic (exact) mass is 223 g/mol. The van der Waals surface area contributed by atoms with Crippen LogP contribution in [0.5, 0.6) is 0 Å². The van der Waals surface area contributed by atoms with Crippen LogP contribution in [0, 0.1) is 5.92 Å². The molecule has 1 aliphatic rings. The molecule has 2 rings (SSSR count). The molecule has 1 amide bonds. The standard InChI is InChI=1S/C12H14FNO2/c1-14(16-2)11(15)10-8-12(10,13)9-6-4-3-5-7-9/h3-7,10H,8H2,1-2H3. The Hall–Kier alpha value is -1.42. The zero-order valence-corrected chi connectivity index (χ0v) is 9.31. The first-order valence-electron chi connectivity index (χ1n) is 5.15. The summed E-state index contributed by atoms with van der Waals surface area (Å²) in [6, 6.07) is 8.79. The number of hydrogen-bond acceptors (Lipinski definition) is 2. The number of alkyl halides is 1. The number of carbonyl (C=O) groups is 1. The maximum atomic E-state index is 14.3. The van der Waals surface area contributed by atoms with Crippen molar-refractivity contribution in [3.8, 4) is 0 Å². The van der Waals surface area contributed by atoms with Crippen molar-refractivity contribution in [2.45, 2.75) is 12.1 Å². The Kier molecular flexibility index (Phi) is 2.68. The molecule has 0 saturated heterocycles. The first-order chi connectivity index (χ1) is 7.59. The number of amides is 1. The maximum Gasteiger partial charge on any atom is 0.252 e. The molecule has 86 valence electrons. The fourth-order valence-corrected chi connectivity index (χ4v) is 1.86. The van der Waals surface area contributed by atoms with Crippen molar-refractivity contribution in [2.24, 2.45) is 5.92 Å². The third-order valence-electron chi connectivity index (χ3n) is 3.03. The van der Waals surface area contributed by atoms with Gasteiger partial charge in [0.1, 0.15) is 5.67 Å². The topological polar surface area (TPSA) is 29.5 Å². The Balaban J connectivity index is 2.13. The van der Waals surface area contributed by atoms with E-state index >= 15 is 0 Å². The number of nitrogens with zero attached hydrogens (tertiary/aromatic N) is 1. The molecular formula is C12H14FNO2. The zero-order valence-electron chi connectivity index (χ0n) is 9.31. The Bertz CT molecular complexity index is 395. The molecule has 0 radical (unpaired) electrons. The van der Waals surface area contributed by atoms with E-state index in [0.29, 0.717) is 5.56 Å². The largest absolute Gasteiger partial charge is 0.275 e. The van der Waals surface area contributed by atoms with Gasteiger partial charge >= 0.3 is 0 Å². The van der Waals surface area contributed by atoms with Gasteiger partial charge in [-0.2, -0.15) is 0 Å². The van der Waals surface area contributed by atoms with Gasteiger partial charge < -0.3 is 0 Å². The first-order valence-corrected chi connectivity index (χ1v) is 5.15. The Morgan fingerprint density at radius 2 is 2.12 bits per heavy atom. The molecule has 4 heteroatoms. The third-order valence-corrected chi connectivity index (χ3v) is 3.03. The minimum Gasteiger partial charge on any atom is -0.275 e. The minimum atomic E-state index is -1.51. The fourth-order valence-electron chi connectivity index (χ4n) is 1.86. The van der Waals surface area contributed by atoms with Crippen molar-refractivity contribution in [3.63, 3.8) is 0 Å². The van der Waals surface area contributed by atoms with Crippen LogP contribution in [0.1, 0.15) is 12.0 Å². The van der Waals surface area contributed by atoms with Crippen molar-refractivity contribution in [1.82, 2.24) is 5.06 Å². The van der Waals surface area contributed by atoms with Crippen molar-refractivity contribution < 1.29 is 14.0 Å². The number of rotatable bonds is 3. The lowest BCUT2D eigenvalue weighted by atomic mass is 10.1. The van der Waals surface area contributed by atoms with Crippen LogP contribution in [0.4, 0.5) is 4.39 Å². The number of hydrogen-bond donors (Lipinski definition) is 0. The number of halogens is 1. The highest BCUT2D eigenvalue weighted by Gasteiger charge is 2.61. The van der Waals surface area contributed by atoms with Crippen molar-refractivity contribution in [3.05, 3.63) is 35.9 Å². The molecule has 0 spiro atoms. The van der Waals surface area contributed by atoms with Gasteiger partial charge in [-0.1, -0.05) is 30.3 Å². The Morgan fingerprint density at radius 3 is 2.69 bits per heavy atom. The maximum absolute atomic E-state index is 14.3. The molecule has 0 aliphatic heterocycles. The van der Waals surface area contributed by atoms with Crippen LogP contribution in [-0.4, -0.2) is 25.1 Å². The van der Waals surface area contributed by atoms with Gasteiger partial charge in [-0.3, -0.25) is 9.63 Å². The van der Waals surface area contributed by atoms with E-state index in [0.717, 1.165) is 5.06 Å². The van der Waals surface area contributed by atoms with E-state index < -0.39 is 11.6 Å². The van der Waals surface area contributed by atoms with E-state index in [4.69, 9.17) is 4.84 Å². The van der Waals surface area contributed by atoms with Crippen LogP contribution in [-0.2, 0) is 15.3 Å². The lowest BCUT2D eigenvalue weighted by Crippen LogP contribution is -2.29. The SMILES string of the molecule is CON(C)C(=O)C1CC1(F)c1ccccc1. The molecule has 0 heterocycles. The van der Waals surface area contributed by atoms with Crippen molar-refractivity contribution in [1.29, 1.82) is 0 Å². The van der Waals surface area contributed by atoms with Gasteiger partial charge in [-0.25, -0.2) is 9.45 Å². The lowest BCUT2D eigenvalue weighted by Gasteiger charge is -2.14. The van der Waals surface area contributed by atoms with Crippen LogP contribution >= 0.6 is 0 Å². The molecule has 1 aromatic rings. The van der Waals surface area contributed by atoms with E-state index in [1.54, 1.807) is 24.3 Å². The summed E-state index contributed by atoms with van der Waals surface area (Å²) in [7, 11) is 2.88. The van der Waals surface area contributed by atoms with E-state index in [-0.39, 0.29) is 12.3 Å². The van der Waals surface area contributed by atoms with Crippen LogP contribution in [0.2, 0.25) is 0 Å². The van der Waals surface area contributed by atoms with Crippen molar-refractivity contribution >= 4 is 5.91 Å². The van der Waals surface area contributed by atoms with Gasteiger partial charge in [0, 0.05) is 13.5 Å². The molecule has 2 unspecified atom stereocenters. The first kappa shape index (κ1) is 11.1. The molecule has 0 aromatic heterocycles. The third kappa shape index (κ3) is 1.69. The molecule has 1 saturated carbocycles. The van der Waals surface area contributed by atoms with Gasteiger partial charge in [0.2, 0.25) is 0 Å². The van der Waals surface area contributed by atoms with E-state index in [1.807, 2.05) is 6.07 Å². The highest BCUT2D eigenvalue weighted by Crippen LogP contribution is 2.56. The minimum absolute atomic E-state index is 0.240. The lowest BCUT2D eigenvalue weighted by molar-refractivity contribution is -0.171. The molecular weight excluding hydrogens is 209 g/mol. The zero-order chi connectivity index (χ0) is 11.8. The smallest absolute Gasteiger partial charge is 0.252 e. The summed E-state index contributed by atoms with van der Waals surface area (Å²) < 4.78 is 14.3. The van der Waals surface area contributed by atoms with Crippen LogP contribution in [0.15, 0.2) is 30.3 Å². The van der Waals surface area contributed by atoms with Crippen molar-refractivity contribution in [2.75, 3.05) is 14.2 Å². The molecule has 1 aromatic carbocycles. The second-order valence-corrected chi connectivity index (χ2v) is 4.00. The predicted molar refractivity (Wildman–Crippen MR) is 57.1 cm³/mol. The van der Waals surface area contributed by atoms with Gasteiger partial charge in [0.15, 0.2) is 0 Å². The summed E-state index contributed by atoms with van der Waals surface area (Å²) in [6.45, 7) is 0. The molecule has 1 fully saturated rings. The molecule has 3 nitrogen and oxygen atoms in total. The number of benzene rings is 1. The van der Waals surface area contributed by atoms with Gasteiger partial charge in [-0.05, 0) is 5.56 Å². The van der Waals surface area contributed by atoms with E-state index in [9.17, 15) is 9.18 Å². The highest BCUT2D eigenvalue weighted by atomic mass is 19.1.